The van der Waals surface area contributed by atoms with E-state index in [1.807, 2.05) is 36.4 Å². The third-order valence-corrected chi connectivity index (χ3v) is 2.98. The molecule has 3 nitrogen and oxygen atoms in total. The molecule has 0 atom stereocenters. The van der Waals surface area contributed by atoms with E-state index in [1.54, 1.807) is 14.1 Å². The van der Waals surface area contributed by atoms with Crippen LogP contribution in [0.15, 0.2) is 48.5 Å². The maximum absolute atomic E-state index is 11.7. The molecule has 19 heavy (non-hydrogen) atoms. The van der Waals surface area contributed by atoms with Crippen molar-refractivity contribution in [2.45, 2.75) is 6.92 Å². The van der Waals surface area contributed by atoms with Gasteiger partial charge >= 0.3 is 6.03 Å². The molecular formula is C16H18N2O. The highest BCUT2D eigenvalue weighted by atomic mass is 16.2. The van der Waals surface area contributed by atoms with Crippen molar-refractivity contribution in [1.29, 1.82) is 0 Å². The van der Waals surface area contributed by atoms with Gasteiger partial charge in [0.1, 0.15) is 0 Å². The van der Waals surface area contributed by atoms with Crippen LogP contribution in [0.25, 0.3) is 11.1 Å². The summed E-state index contributed by atoms with van der Waals surface area (Å²) in [4.78, 5) is 13.2. The third kappa shape index (κ3) is 3.13. The topological polar surface area (TPSA) is 32.3 Å². The molecule has 0 bridgehead atoms. The Labute approximate surface area is 113 Å². The maximum atomic E-state index is 11.7. The highest BCUT2D eigenvalue weighted by molar-refractivity contribution is 5.90. The summed E-state index contributed by atoms with van der Waals surface area (Å²) in [5.41, 5.74) is 4.29. The van der Waals surface area contributed by atoms with Crippen molar-refractivity contribution >= 4 is 11.7 Å². The summed E-state index contributed by atoms with van der Waals surface area (Å²) < 4.78 is 0. The first-order valence-corrected chi connectivity index (χ1v) is 6.22. The van der Waals surface area contributed by atoms with E-state index in [2.05, 4.69) is 24.4 Å². The molecule has 2 rings (SSSR count). The summed E-state index contributed by atoms with van der Waals surface area (Å²) >= 11 is 0. The molecule has 0 unspecified atom stereocenters. The summed E-state index contributed by atoms with van der Waals surface area (Å²) in [5.74, 6) is 0. The van der Waals surface area contributed by atoms with E-state index in [0.29, 0.717) is 0 Å². The third-order valence-electron chi connectivity index (χ3n) is 2.98. The number of rotatable bonds is 2. The predicted molar refractivity (Wildman–Crippen MR) is 79.3 cm³/mol. The van der Waals surface area contributed by atoms with Gasteiger partial charge in [0.2, 0.25) is 0 Å². The molecule has 0 radical (unpaired) electrons. The average molecular weight is 254 g/mol. The Kier molecular flexibility index (Phi) is 3.85. The van der Waals surface area contributed by atoms with E-state index >= 15 is 0 Å². The number of aryl methyl sites for hydroxylation is 1. The van der Waals surface area contributed by atoms with Crippen molar-refractivity contribution in [2.24, 2.45) is 0 Å². The van der Waals surface area contributed by atoms with E-state index in [9.17, 15) is 4.79 Å². The Morgan fingerprint density at radius 1 is 1.05 bits per heavy atom. The van der Waals surface area contributed by atoms with Gasteiger partial charge in [0.05, 0.1) is 0 Å². The summed E-state index contributed by atoms with van der Waals surface area (Å²) in [7, 11) is 3.45. The zero-order valence-corrected chi connectivity index (χ0v) is 11.5. The van der Waals surface area contributed by atoms with Gasteiger partial charge < -0.3 is 10.2 Å². The fourth-order valence-electron chi connectivity index (χ4n) is 1.86. The molecule has 1 N–H and O–H groups in total. The number of hydrogen-bond donors (Lipinski definition) is 1. The number of carbonyl (C=O) groups excluding carboxylic acids is 1. The molecule has 2 amide bonds. The lowest BCUT2D eigenvalue weighted by Crippen LogP contribution is -2.27. The average Bonchev–Trinajstić information content (AvgIpc) is 2.41. The van der Waals surface area contributed by atoms with Crippen molar-refractivity contribution in [2.75, 3.05) is 19.4 Å². The molecule has 0 saturated heterocycles. The molecule has 0 saturated carbocycles. The van der Waals surface area contributed by atoms with Crippen molar-refractivity contribution in [3.8, 4) is 11.1 Å². The minimum Gasteiger partial charge on any atom is -0.331 e. The van der Waals surface area contributed by atoms with E-state index < -0.39 is 0 Å². The minimum atomic E-state index is -0.122. The number of nitrogens with one attached hydrogen (secondary N) is 1. The van der Waals surface area contributed by atoms with Gasteiger partial charge in [-0.25, -0.2) is 4.79 Å². The van der Waals surface area contributed by atoms with Crippen LogP contribution in [0.1, 0.15) is 5.56 Å². The van der Waals surface area contributed by atoms with Crippen molar-refractivity contribution < 1.29 is 4.79 Å². The van der Waals surface area contributed by atoms with E-state index in [1.165, 1.54) is 10.5 Å². The molecule has 0 heterocycles. The number of carbonyl (C=O) groups is 1. The summed E-state index contributed by atoms with van der Waals surface area (Å²) in [6.07, 6.45) is 0. The SMILES string of the molecule is Cc1ccc(NC(=O)N(C)C)cc1-c1ccccc1. The minimum absolute atomic E-state index is 0.122. The Bertz CT molecular complexity index is 577. The normalized spacial score (nSPS) is 10.1. The first-order chi connectivity index (χ1) is 9.08. The van der Waals surface area contributed by atoms with Gasteiger partial charge in [-0.3, -0.25) is 0 Å². The first kappa shape index (κ1) is 13.1. The monoisotopic (exact) mass is 254 g/mol. The van der Waals surface area contributed by atoms with Gasteiger partial charge in [0.15, 0.2) is 0 Å². The van der Waals surface area contributed by atoms with Gasteiger partial charge in [-0.1, -0.05) is 36.4 Å². The van der Waals surface area contributed by atoms with E-state index in [-0.39, 0.29) is 6.03 Å². The Balaban J connectivity index is 2.33. The second kappa shape index (κ2) is 5.57. The fraction of sp³-hybridized carbons (Fsp3) is 0.188. The molecule has 0 aromatic heterocycles. The van der Waals surface area contributed by atoms with Crippen LogP contribution in [0.3, 0.4) is 0 Å². The summed E-state index contributed by atoms with van der Waals surface area (Å²) in [5, 5.41) is 2.87. The number of benzene rings is 2. The van der Waals surface area contributed by atoms with Crippen LogP contribution in [-0.4, -0.2) is 25.0 Å². The summed E-state index contributed by atoms with van der Waals surface area (Å²) in [6.45, 7) is 2.07. The standard InChI is InChI=1S/C16H18N2O/c1-12-9-10-14(17-16(19)18(2)3)11-15(12)13-7-5-4-6-8-13/h4-11H,1-3H3,(H,17,19). The maximum Gasteiger partial charge on any atom is 0.321 e. The van der Waals surface area contributed by atoms with Crippen LogP contribution in [0, 0.1) is 6.92 Å². The predicted octanol–water partition coefficient (Wildman–Crippen LogP) is 3.76. The van der Waals surface area contributed by atoms with Crippen LogP contribution < -0.4 is 5.32 Å². The highest BCUT2D eigenvalue weighted by Crippen LogP contribution is 2.26. The zero-order chi connectivity index (χ0) is 13.8. The van der Waals surface area contributed by atoms with Gasteiger partial charge in [0, 0.05) is 19.8 Å². The quantitative estimate of drug-likeness (QED) is 0.869. The Hall–Kier alpha value is -2.29. The van der Waals surface area contributed by atoms with Crippen molar-refractivity contribution in [3.05, 3.63) is 54.1 Å². The number of anilines is 1. The first-order valence-electron chi connectivity index (χ1n) is 6.22. The number of urea groups is 1. The van der Waals surface area contributed by atoms with Crippen LogP contribution in [0.4, 0.5) is 10.5 Å². The molecule has 2 aromatic rings. The lowest BCUT2D eigenvalue weighted by atomic mass is 10.00. The lowest BCUT2D eigenvalue weighted by molar-refractivity contribution is 0.230. The van der Waals surface area contributed by atoms with Crippen LogP contribution in [0.2, 0.25) is 0 Å². The fourth-order valence-corrected chi connectivity index (χ4v) is 1.86. The van der Waals surface area contributed by atoms with Gasteiger partial charge in [-0.05, 0) is 35.7 Å². The molecule has 98 valence electrons. The van der Waals surface area contributed by atoms with Crippen molar-refractivity contribution in [3.63, 3.8) is 0 Å². The van der Waals surface area contributed by atoms with Gasteiger partial charge in [-0.2, -0.15) is 0 Å². The molecule has 0 aliphatic carbocycles. The molecule has 0 spiro atoms. The van der Waals surface area contributed by atoms with Crippen molar-refractivity contribution in [1.82, 2.24) is 4.90 Å². The number of amides is 2. The van der Waals surface area contributed by atoms with Gasteiger partial charge in [-0.15, -0.1) is 0 Å². The van der Waals surface area contributed by atoms with E-state index in [0.717, 1.165) is 16.8 Å². The van der Waals surface area contributed by atoms with E-state index in [4.69, 9.17) is 0 Å². The van der Waals surface area contributed by atoms with Gasteiger partial charge in [0.25, 0.3) is 0 Å². The second-order valence-electron chi connectivity index (χ2n) is 4.72. The number of nitrogens with zero attached hydrogens (tertiary/aromatic N) is 1. The summed E-state index contributed by atoms with van der Waals surface area (Å²) in [6, 6.07) is 16.0. The Morgan fingerprint density at radius 3 is 2.37 bits per heavy atom. The second-order valence-corrected chi connectivity index (χ2v) is 4.72. The molecule has 3 heteroatoms. The largest absolute Gasteiger partial charge is 0.331 e. The molecule has 0 fully saturated rings. The van der Waals surface area contributed by atoms with Crippen LogP contribution >= 0.6 is 0 Å². The molecule has 0 aliphatic rings. The zero-order valence-electron chi connectivity index (χ0n) is 11.5. The molecule has 0 aliphatic heterocycles. The lowest BCUT2D eigenvalue weighted by Gasteiger charge is -2.14. The smallest absolute Gasteiger partial charge is 0.321 e. The van der Waals surface area contributed by atoms with Crippen LogP contribution in [0.5, 0.6) is 0 Å². The molecule has 2 aromatic carbocycles. The molecular weight excluding hydrogens is 236 g/mol. The number of hydrogen-bond acceptors (Lipinski definition) is 1. The highest BCUT2D eigenvalue weighted by Gasteiger charge is 2.07. The van der Waals surface area contributed by atoms with Crippen LogP contribution in [-0.2, 0) is 0 Å². The Morgan fingerprint density at radius 2 is 1.74 bits per heavy atom.